The molecule has 98 valence electrons. The second kappa shape index (κ2) is 7.75. The Morgan fingerprint density at radius 1 is 1.39 bits per heavy atom. The van der Waals surface area contributed by atoms with Gasteiger partial charge in [0.25, 0.3) is 0 Å². The van der Waals surface area contributed by atoms with E-state index in [-0.39, 0.29) is 0 Å². The fourth-order valence-corrected chi connectivity index (χ4v) is 1.81. The molecule has 3 heteroatoms. The van der Waals surface area contributed by atoms with Gasteiger partial charge in [-0.25, -0.2) is 0 Å². The number of nitrogens with zero attached hydrogens (tertiary/aromatic N) is 1. The molecule has 0 aliphatic rings. The van der Waals surface area contributed by atoms with E-state index in [4.69, 9.17) is 11.2 Å². The zero-order chi connectivity index (χ0) is 13.4. The molecule has 0 fully saturated rings. The highest BCUT2D eigenvalue weighted by molar-refractivity contribution is 5.33. The van der Waals surface area contributed by atoms with Crippen molar-refractivity contribution in [2.45, 2.75) is 19.5 Å². The highest BCUT2D eigenvalue weighted by atomic mass is 16.5. The minimum Gasteiger partial charge on any atom is -0.481 e. The van der Waals surface area contributed by atoms with Crippen LogP contribution in [0.25, 0.3) is 0 Å². The molecular formula is C15H22N2O. The second-order valence-electron chi connectivity index (χ2n) is 4.64. The van der Waals surface area contributed by atoms with Crippen LogP contribution >= 0.6 is 0 Å². The SMILES string of the molecule is C#CCOc1ccccc1CNC(C)CN(C)C. The predicted octanol–water partition coefficient (Wildman–Crippen LogP) is 1.74. The van der Waals surface area contributed by atoms with E-state index in [0.717, 1.165) is 24.4 Å². The Bertz CT molecular complexity index is 396. The Balaban J connectivity index is 2.53. The number of para-hydroxylation sites is 1. The third kappa shape index (κ3) is 5.22. The lowest BCUT2D eigenvalue weighted by atomic mass is 10.2. The van der Waals surface area contributed by atoms with E-state index in [0.29, 0.717) is 12.6 Å². The summed E-state index contributed by atoms with van der Waals surface area (Å²) >= 11 is 0. The lowest BCUT2D eigenvalue weighted by molar-refractivity contribution is 0.342. The zero-order valence-electron chi connectivity index (χ0n) is 11.4. The highest BCUT2D eigenvalue weighted by Crippen LogP contribution is 2.17. The molecule has 0 heterocycles. The summed E-state index contributed by atoms with van der Waals surface area (Å²) < 4.78 is 5.51. The van der Waals surface area contributed by atoms with Crippen molar-refractivity contribution in [2.75, 3.05) is 27.2 Å². The first kappa shape index (κ1) is 14.6. The fourth-order valence-electron chi connectivity index (χ4n) is 1.81. The number of ether oxygens (including phenoxy) is 1. The van der Waals surface area contributed by atoms with Gasteiger partial charge in [0.15, 0.2) is 0 Å². The molecule has 1 unspecified atom stereocenters. The fraction of sp³-hybridized carbons (Fsp3) is 0.467. The molecule has 1 aromatic carbocycles. The summed E-state index contributed by atoms with van der Waals surface area (Å²) in [5.74, 6) is 3.35. The van der Waals surface area contributed by atoms with Crippen molar-refractivity contribution in [2.24, 2.45) is 0 Å². The summed E-state index contributed by atoms with van der Waals surface area (Å²) in [6, 6.07) is 8.40. The van der Waals surface area contributed by atoms with Crippen molar-refractivity contribution in [1.29, 1.82) is 0 Å². The summed E-state index contributed by atoms with van der Waals surface area (Å²) in [7, 11) is 4.14. The number of benzene rings is 1. The van der Waals surface area contributed by atoms with E-state index < -0.39 is 0 Å². The molecular weight excluding hydrogens is 224 g/mol. The van der Waals surface area contributed by atoms with Gasteiger partial charge in [-0.05, 0) is 27.1 Å². The van der Waals surface area contributed by atoms with Crippen molar-refractivity contribution in [1.82, 2.24) is 10.2 Å². The standard InChI is InChI=1S/C15H22N2O/c1-5-10-18-15-9-7-6-8-14(15)11-16-13(2)12-17(3)4/h1,6-9,13,16H,10-12H2,2-4H3. The number of terminal acetylenes is 1. The van der Waals surface area contributed by atoms with Crippen LogP contribution < -0.4 is 10.1 Å². The topological polar surface area (TPSA) is 24.5 Å². The molecule has 0 spiro atoms. The maximum atomic E-state index is 5.51. The molecule has 18 heavy (non-hydrogen) atoms. The Morgan fingerprint density at radius 2 is 2.11 bits per heavy atom. The van der Waals surface area contributed by atoms with Crippen LogP contribution in [0.4, 0.5) is 0 Å². The molecule has 0 saturated carbocycles. The summed E-state index contributed by atoms with van der Waals surface area (Å²) in [6.07, 6.45) is 5.21. The van der Waals surface area contributed by atoms with Crippen LogP contribution in [-0.2, 0) is 6.54 Å². The molecule has 0 aliphatic carbocycles. The van der Waals surface area contributed by atoms with Crippen LogP contribution in [-0.4, -0.2) is 38.2 Å². The van der Waals surface area contributed by atoms with Gasteiger partial charge in [0.1, 0.15) is 12.4 Å². The van der Waals surface area contributed by atoms with Gasteiger partial charge in [0.2, 0.25) is 0 Å². The summed E-state index contributed by atoms with van der Waals surface area (Å²) in [4.78, 5) is 2.17. The average Bonchev–Trinajstić information content (AvgIpc) is 2.34. The first-order chi connectivity index (χ1) is 8.63. The third-order valence-corrected chi connectivity index (χ3v) is 2.56. The van der Waals surface area contributed by atoms with E-state index in [1.807, 2.05) is 18.2 Å². The van der Waals surface area contributed by atoms with Crippen molar-refractivity contribution < 1.29 is 4.74 Å². The molecule has 1 aromatic rings. The van der Waals surface area contributed by atoms with Gasteiger partial charge >= 0.3 is 0 Å². The minimum atomic E-state index is 0.310. The van der Waals surface area contributed by atoms with Gasteiger partial charge in [-0.15, -0.1) is 6.42 Å². The van der Waals surface area contributed by atoms with Gasteiger partial charge in [-0.3, -0.25) is 0 Å². The van der Waals surface area contributed by atoms with E-state index in [2.05, 4.69) is 43.2 Å². The molecule has 1 N–H and O–H groups in total. The minimum absolute atomic E-state index is 0.310. The Kier molecular flexibility index (Phi) is 6.27. The number of nitrogens with one attached hydrogen (secondary N) is 1. The molecule has 1 atom stereocenters. The molecule has 0 aromatic heterocycles. The van der Waals surface area contributed by atoms with E-state index in [1.54, 1.807) is 0 Å². The van der Waals surface area contributed by atoms with Gasteiger partial charge in [0.05, 0.1) is 0 Å². The van der Waals surface area contributed by atoms with Crippen molar-refractivity contribution in [3.05, 3.63) is 29.8 Å². The van der Waals surface area contributed by atoms with Crippen LogP contribution in [0, 0.1) is 12.3 Å². The molecule has 0 aliphatic heterocycles. The maximum Gasteiger partial charge on any atom is 0.148 e. The lowest BCUT2D eigenvalue weighted by Crippen LogP contribution is -2.35. The van der Waals surface area contributed by atoms with Gasteiger partial charge < -0.3 is 15.0 Å². The van der Waals surface area contributed by atoms with E-state index >= 15 is 0 Å². The Hall–Kier alpha value is -1.50. The number of hydrogen-bond acceptors (Lipinski definition) is 3. The normalized spacial score (nSPS) is 12.2. The largest absolute Gasteiger partial charge is 0.481 e. The number of hydrogen-bond donors (Lipinski definition) is 1. The van der Waals surface area contributed by atoms with Crippen LogP contribution in [0.3, 0.4) is 0 Å². The van der Waals surface area contributed by atoms with Crippen molar-refractivity contribution >= 4 is 0 Å². The van der Waals surface area contributed by atoms with E-state index in [9.17, 15) is 0 Å². The quantitative estimate of drug-likeness (QED) is 0.742. The highest BCUT2D eigenvalue weighted by Gasteiger charge is 2.06. The van der Waals surface area contributed by atoms with Crippen molar-refractivity contribution in [3.63, 3.8) is 0 Å². The molecule has 0 saturated heterocycles. The Labute approximate surface area is 110 Å². The molecule has 3 nitrogen and oxygen atoms in total. The molecule has 0 bridgehead atoms. The monoisotopic (exact) mass is 246 g/mol. The molecule has 1 rings (SSSR count). The van der Waals surface area contributed by atoms with Crippen LogP contribution in [0.1, 0.15) is 12.5 Å². The van der Waals surface area contributed by atoms with Crippen molar-refractivity contribution in [3.8, 4) is 18.1 Å². The van der Waals surface area contributed by atoms with Gasteiger partial charge in [-0.1, -0.05) is 24.1 Å². The maximum absolute atomic E-state index is 5.51. The summed E-state index contributed by atoms with van der Waals surface area (Å²) in [5.41, 5.74) is 1.14. The van der Waals surface area contributed by atoms with Crippen LogP contribution in [0.15, 0.2) is 24.3 Å². The first-order valence-electron chi connectivity index (χ1n) is 6.15. The van der Waals surface area contributed by atoms with Crippen LogP contribution in [0.5, 0.6) is 5.75 Å². The van der Waals surface area contributed by atoms with E-state index in [1.165, 1.54) is 0 Å². The molecule has 0 radical (unpaired) electrons. The smallest absolute Gasteiger partial charge is 0.148 e. The molecule has 0 amide bonds. The average molecular weight is 246 g/mol. The van der Waals surface area contributed by atoms with Crippen LogP contribution in [0.2, 0.25) is 0 Å². The second-order valence-corrected chi connectivity index (χ2v) is 4.64. The number of rotatable bonds is 7. The van der Waals surface area contributed by atoms with Gasteiger partial charge in [-0.2, -0.15) is 0 Å². The first-order valence-corrected chi connectivity index (χ1v) is 6.15. The zero-order valence-corrected chi connectivity index (χ0v) is 11.4. The van der Waals surface area contributed by atoms with Gasteiger partial charge in [0, 0.05) is 24.7 Å². The third-order valence-electron chi connectivity index (χ3n) is 2.56. The predicted molar refractivity (Wildman–Crippen MR) is 75.6 cm³/mol. The Morgan fingerprint density at radius 3 is 2.78 bits per heavy atom. The summed E-state index contributed by atoms with van der Waals surface area (Å²) in [6.45, 7) is 4.28. The lowest BCUT2D eigenvalue weighted by Gasteiger charge is -2.19. The number of likely N-dealkylation sites (N-methyl/N-ethyl adjacent to an activating group) is 1. The summed E-state index contributed by atoms with van der Waals surface area (Å²) in [5, 5.41) is 3.47.